The normalized spacial score (nSPS) is 10.0. The predicted octanol–water partition coefficient (Wildman–Crippen LogP) is 1.86. The molecule has 0 spiro atoms. The Kier molecular flexibility index (Phi) is 4.04. The molecule has 0 aliphatic carbocycles. The van der Waals surface area contributed by atoms with Crippen molar-refractivity contribution in [2.75, 3.05) is 20.8 Å². The number of nitrogens with two attached hydrogens (primary N) is 1. The van der Waals surface area contributed by atoms with Crippen molar-refractivity contribution in [3.63, 3.8) is 0 Å². The first kappa shape index (κ1) is 11.1. The highest BCUT2D eigenvalue weighted by atomic mass is 35.5. The molecule has 0 aliphatic heterocycles. The number of methoxy groups -OCH3 is 2. The van der Waals surface area contributed by atoms with E-state index < -0.39 is 0 Å². The molecule has 2 N–H and O–H groups in total. The van der Waals surface area contributed by atoms with E-state index in [2.05, 4.69) is 0 Å². The van der Waals surface area contributed by atoms with E-state index in [1.807, 2.05) is 6.07 Å². The van der Waals surface area contributed by atoms with Crippen molar-refractivity contribution >= 4 is 11.6 Å². The minimum atomic E-state index is 0.546. The van der Waals surface area contributed by atoms with E-state index in [0.717, 1.165) is 17.7 Å². The van der Waals surface area contributed by atoms with Crippen LogP contribution in [-0.4, -0.2) is 20.8 Å². The fourth-order valence-corrected chi connectivity index (χ4v) is 1.51. The summed E-state index contributed by atoms with van der Waals surface area (Å²) in [6, 6.07) is 3.60. The summed E-state index contributed by atoms with van der Waals surface area (Å²) in [7, 11) is 3.19. The summed E-state index contributed by atoms with van der Waals surface area (Å²) in [5, 5.41) is 0.546. The maximum absolute atomic E-state index is 5.94. The van der Waals surface area contributed by atoms with E-state index in [1.54, 1.807) is 20.3 Å². The van der Waals surface area contributed by atoms with Gasteiger partial charge < -0.3 is 15.2 Å². The van der Waals surface area contributed by atoms with E-state index >= 15 is 0 Å². The Balaban J connectivity index is 3.11. The number of hydrogen-bond donors (Lipinski definition) is 1. The lowest BCUT2D eigenvalue weighted by atomic mass is 10.1. The number of benzene rings is 1. The first-order valence-electron chi connectivity index (χ1n) is 4.33. The van der Waals surface area contributed by atoms with Gasteiger partial charge in [-0.15, -0.1) is 0 Å². The van der Waals surface area contributed by atoms with E-state index in [1.165, 1.54) is 0 Å². The van der Waals surface area contributed by atoms with Gasteiger partial charge >= 0.3 is 0 Å². The molecule has 0 heterocycles. The van der Waals surface area contributed by atoms with Gasteiger partial charge in [0.1, 0.15) is 11.5 Å². The Hall–Kier alpha value is -0.930. The van der Waals surface area contributed by atoms with Crippen molar-refractivity contribution in [2.24, 2.45) is 5.73 Å². The van der Waals surface area contributed by atoms with Crippen molar-refractivity contribution in [3.05, 3.63) is 22.7 Å². The lowest BCUT2D eigenvalue weighted by Gasteiger charge is -2.11. The molecule has 0 radical (unpaired) electrons. The minimum absolute atomic E-state index is 0.546. The van der Waals surface area contributed by atoms with Crippen LogP contribution in [0.25, 0.3) is 0 Å². The second-order valence-electron chi connectivity index (χ2n) is 2.84. The second kappa shape index (κ2) is 5.08. The smallest absolute Gasteiger partial charge is 0.137 e. The van der Waals surface area contributed by atoms with Crippen LogP contribution in [0, 0.1) is 0 Å². The van der Waals surface area contributed by atoms with Gasteiger partial charge in [0, 0.05) is 6.07 Å². The number of halogens is 1. The molecule has 0 bridgehead atoms. The van der Waals surface area contributed by atoms with E-state index in [0.29, 0.717) is 17.3 Å². The van der Waals surface area contributed by atoms with Crippen molar-refractivity contribution in [2.45, 2.75) is 6.42 Å². The first-order chi connectivity index (χ1) is 6.72. The zero-order valence-corrected chi connectivity index (χ0v) is 9.10. The number of ether oxygens (including phenoxy) is 2. The van der Waals surface area contributed by atoms with Gasteiger partial charge in [0.2, 0.25) is 0 Å². The Bertz CT molecular complexity index is 315. The molecule has 1 aromatic carbocycles. The van der Waals surface area contributed by atoms with Gasteiger partial charge in [-0.3, -0.25) is 0 Å². The van der Waals surface area contributed by atoms with Gasteiger partial charge in [-0.05, 0) is 24.6 Å². The van der Waals surface area contributed by atoms with Crippen LogP contribution < -0.4 is 15.2 Å². The molecule has 0 amide bonds. The van der Waals surface area contributed by atoms with Crippen molar-refractivity contribution in [1.82, 2.24) is 0 Å². The van der Waals surface area contributed by atoms with E-state index in [9.17, 15) is 0 Å². The van der Waals surface area contributed by atoms with Crippen LogP contribution in [0.15, 0.2) is 12.1 Å². The highest BCUT2D eigenvalue weighted by molar-refractivity contribution is 6.32. The standard InChI is InChI=1S/C10H14ClNO2/c1-13-9-6-8(11)10(14-2)5-7(9)3-4-12/h5-6H,3-4,12H2,1-2H3. The average Bonchev–Trinajstić information content (AvgIpc) is 2.20. The summed E-state index contributed by atoms with van der Waals surface area (Å²) in [5.41, 5.74) is 6.49. The summed E-state index contributed by atoms with van der Waals surface area (Å²) in [5.74, 6) is 1.40. The van der Waals surface area contributed by atoms with Gasteiger partial charge in [-0.1, -0.05) is 11.6 Å². The molecule has 14 heavy (non-hydrogen) atoms. The Morgan fingerprint density at radius 3 is 2.36 bits per heavy atom. The van der Waals surface area contributed by atoms with Crippen LogP contribution in [0.4, 0.5) is 0 Å². The molecule has 0 unspecified atom stereocenters. The molecule has 1 aromatic rings. The fourth-order valence-electron chi connectivity index (χ4n) is 1.27. The van der Waals surface area contributed by atoms with Gasteiger partial charge in [0.15, 0.2) is 0 Å². The minimum Gasteiger partial charge on any atom is -0.496 e. The monoisotopic (exact) mass is 215 g/mol. The summed E-state index contributed by atoms with van der Waals surface area (Å²) in [6.45, 7) is 0.571. The van der Waals surface area contributed by atoms with Crippen LogP contribution in [0.2, 0.25) is 5.02 Å². The molecule has 0 saturated carbocycles. The van der Waals surface area contributed by atoms with Crippen molar-refractivity contribution in [3.8, 4) is 11.5 Å². The fraction of sp³-hybridized carbons (Fsp3) is 0.400. The van der Waals surface area contributed by atoms with E-state index in [-0.39, 0.29) is 0 Å². The number of hydrogen-bond acceptors (Lipinski definition) is 3. The molecule has 1 rings (SSSR count). The van der Waals surface area contributed by atoms with Crippen molar-refractivity contribution < 1.29 is 9.47 Å². The SMILES string of the molecule is COc1cc(CCN)c(OC)cc1Cl. The molecular weight excluding hydrogens is 202 g/mol. The zero-order chi connectivity index (χ0) is 10.6. The maximum atomic E-state index is 5.94. The molecular formula is C10H14ClNO2. The van der Waals surface area contributed by atoms with Crippen LogP contribution >= 0.6 is 11.6 Å². The Labute approximate surface area is 88.8 Å². The Morgan fingerprint density at radius 1 is 1.21 bits per heavy atom. The van der Waals surface area contributed by atoms with Crippen molar-refractivity contribution in [1.29, 1.82) is 0 Å². The largest absolute Gasteiger partial charge is 0.496 e. The highest BCUT2D eigenvalue weighted by Crippen LogP contribution is 2.32. The van der Waals surface area contributed by atoms with Gasteiger partial charge in [0.25, 0.3) is 0 Å². The van der Waals surface area contributed by atoms with Crippen LogP contribution in [-0.2, 0) is 6.42 Å². The molecule has 3 nitrogen and oxygen atoms in total. The first-order valence-corrected chi connectivity index (χ1v) is 4.71. The summed E-state index contributed by atoms with van der Waals surface area (Å²) in [6.07, 6.45) is 0.747. The van der Waals surface area contributed by atoms with E-state index in [4.69, 9.17) is 26.8 Å². The molecule has 0 aromatic heterocycles. The third kappa shape index (κ3) is 2.30. The van der Waals surface area contributed by atoms with Crippen LogP contribution in [0.1, 0.15) is 5.56 Å². The van der Waals surface area contributed by atoms with Gasteiger partial charge in [0.05, 0.1) is 19.2 Å². The molecule has 4 heteroatoms. The number of rotatable bonds is 4. The molecule has 0 fully saturated rings. The van der Waals surface area contributed by atoms with Crippen LogP contribution in [0.5, 0.6) is 11.5 Å². The molecule has 0 saturated heterocycles. The topological polar surface area (TPSA) is 44.5 Å². The second-order valence-corrected chi connectivity index (χ2v) is 3.24. The lowest BCUT2D eigenvalue weighted by Crippen LogP contribution is -2.04. The third-order valence-electron chi connectivity index (χ3n) is 1.97. The average molecular weight is 216 g/mol. The van der Waals surface area contributed by atoms with Crippen LogP contribution in [0.3, 0.4) is 0 Å². The molecule has 78 valence electrons. The summed E-state index contributed by atoms with van der Waals surface area (Å²) < 4.78 is 10.3. The predicted molar refractivity (Wildman–Crippen MR) is 57.3 cm³/mol. The maximum Gasteiger partial charge on any atom is 0.137 e. The summed E-state index contributed by atoms with van der Waals surface area (Å²) >= 11 is 5.94. The quantitative estimate of drug-likeness (QED) is 0.834. The summed E-state index contributed by atoms with van der Waals surface area (Å²) in [4.78, 5) is 0. The van der Waals surface area contributed by atoms with Gasteiger partial charge in [-0.25, -0.2) is 0 Å². The Morgan fingerprint density at radius 2 is 1.86 bits per heavy atom. The molecule has 0 atom stereocenters. The third-order valence-corrected chi connectivity index (χ3v) is 2.26. The zero-order valence-electron chi connectivity index (χ0n) is 8.34. The van der Waals surface area contributed by atoms with Gasteiger partial charge in [-0.2, -0.15) is 0 Å². The highest BCUT2D eigenvalue weighted by Gasteiger charge is 2.08. The lowest BCUT2D eigenvalue weighted by molar-refractivity contribution is 0.399. The molecule has 0 aliphatic rings.